The Morgan fingerprint density at radius 2 is 2.17 bits per heavy atom. The molecule has 4 rings (SSSR count). The minimum Gasteiger partial charge on any atom is -0.367 e. The van der Waals surface area contributed by atoms with Crippen molar-refractivity contribution in [2.24, 2.45) is 0 Å². The SMILES string of the molecule is Cc1cnccc1NC(CN1CCNC(=O)C1)S(=O)(=O)c1cc2ccc(Cl)cc2s1. The Labute approximate surface area is 184 Å². The maximum Gasteiger partial charge on any atom is 0.234 e. The van der Waals surface area contributed by atoms with Crippen LogP contribution < -0.4 is 10.6 Å². The summed E-state index contributed by atoms with van der Waals surface area (Å²) in [6.07, 6.45) is 3.30. The van der Waals surface area contributed by atoms with Gasteiger partial charge in [0.05, 0.1) is 6.54 Å². The van der Waals surface area contributed by atoms with Crippen LogP contribution in [0.1, 0.15) is 5.56 Å². The molecule has 2 N–H and O–H groups in total. The summed E-state index contributed by atoms with van der Waals surface area (Å²) in [6, 6.07) is 8.77. The highest BCUT2D eigenvalue weighted by molar-refractivity contribution is 7.94. The lowest BCUT2D eigenvalue weighted by Crippen LogP contribution is -2.52. The molecule has 1 atom stereocenters. The molecule has 1 aromatic carbocycles. The molecule has 1 amide bonds. The number of nitrogens with zero attached hydrogens (tertiary/aromatic N) is 2. The van der Waals surface area contributed by atoms with Crippen LogP contribution in [0.15, 0.2) is 46.9 Å². The van der Waals surface area contributed by atoms with E-state index in [-0.39, 0.29) is 23.2 Å². The molecule has 1 aliphatic heterocycles. The predicted octanol–water partition coefficient (Wildman–Crippen LogP) is 2.90. The topological polar surface area (TPSA) is 91.4 Å². The number of anilines is 1. The van der Waals surface area contributed by atoms with Gasteiger partial charge in [-0.2, -0.15) is 0 Å². The van der Waals surface area contributed by atoms with Gasteiger partial charge in [0.2, 0.25) is 15.7 Å². The zero-order valence-corrected chi connectivity index (χ0v) is 18.6. The van der Waals surface area contributed by atoms with E-state index < -0.39 is 15.2 Å². The van der Waals surface area contributed by atoms with Crippen molar-refractivity contribution in [3.05, 3.63) is 53.3 Å². The number of aryl methyl sites for hydroxylation is 1. The second kappa shape index (κ2) is 8.50. The monoisotopic (exact) mass is 464 g/mol. The zero-order chi connectivity index (χ0) is 21.3. The lowest BCUT2D eigenvalue weighted by atomic mass is 10.2. The normalized spacial score (nSPS) is 16.4. The van der Waals surface area contributed by atoms with E-state index >= 15 is 0 Å². The average molecular weight is 465 g/mol. The Kier molecular flexibility index (Phi) is 5.97. The summed E-state index contributed by atoms with van der Waals surface area (Å²) in [5, 5.41) is 6.43. The summed E-state index contributed by atoms with van der Waals surface area (Å²) in [5.74, 6) is -0.103. The van der Waals surface area contributed by atoms with Crippen LogP contribution >= 0.6 is 22.9 Å². The van der Waals surface area contributed by atoms with Gasteiger partial charge in [-0.25, -0.2) is 8.42 Å². The molecule has 0 saturated carbocycles. The van der Waals surface area contributed by atoms with E-state index in [1.165, 1.54) is 11.3 Å². The number of sulfone groups is 1. The zero-order valence-electron chi connectivity index (χ0n) is 16.3. The number of fused-ring (bicyclic) bond motifs is 1. The van der Waals surface area contributed by atoms with Crippen LogP contribution in [0.2, 0.25) is 5.02 Å². The van der Waals surface area contributed by atoms with Gasteiger partial charge in [-0.1, -0.05) is 17.7 Å². The number of thiophene rings is 1. The molecule has 30 heavy (non-hydrogen) atoms. The number of hydrogen-bond acceptors (Lipinski definition) is 7. The molecular formula is C20H21ClN4O3S2. The third-order valence-corrected chi connectivity index (χ3v) is 8.76. The fraction of sp³-hybridized carbons (Fsp3) is 0.300. The molecule has 1 aliphatic rings. The Hall–Kier alpha value is -2.20. The van der Waals surface area contributed by atoms with Crippen LogP contribution in [-0.2, 0) is 14.6 Å². The number of halogens is 1. The third kappa shape index (κ3) is 4.44. The van der Waals surface area contributed by atoms with Crippen LogP contribution in [-0.4, -0.2) is 55.8 Å². The number of carbonyl (C=O) groups excluding carboxylic acids is 1. The number of pyridine rings is 1. The summed E-state index contributed by atoms with van der Waals surface area (Å²) in [4.78, 5) is 17.7. The number of nitrogens with one attached hydrogen (secondary N) is 2. The van der Waals surface area contributed by atoms with Crippen LogP contribution in [0.5, 0.6) is 0 Å². The summed E-state index contributed by atoms with van der Waals surface area (Å²) < 4.78 is 28.3. The van der Waals surface area contributed by atoms with Gasteiger partial charge in [0.15, 0.2) is 0 Å². The first-order valence-corrected chi connectivity index (χ1v) is 12.2. The fourth-order valence-corrected chi connectivity index (χ4v) is 6.79. The van der Waals surface area contributed by atoms with Gasteiger partial charge in [0, 0.05) is 47.4 Å². The standard InChI is InChI=1S/C20H21ClN4O3S2/c1-13-10-22-5-4-16(13)24-19(12-25-7-6-23-18(26)11-25)30(27,28)20-8-14-2-3-15(21)9-17(14)29-20/h2-5,8-10,19H,6-7,11-12H2,1H3,(H,22,24)(H,23,26). The smallest absolute Gasteiger partial charge is 0.234 e. The first-order valence-electron chi connectivity index (χ1n) is 9.42. The van der Waals surface area contributed by atoms with Crippen molar-refractivity contribution in [3.8, 4) is 0 Å². The summed E-state index contributed by atoms with van der Waals surface area (Å²) in [6.45, 7) is 3.32. The first kappa shape index (κ1) is 21.0. The van der Waals surface area contributed by atoms with Gasteiger partial charge in [-0.3, -0.25) is 14.7 Å². The molecule has 0 bridgehead atoms. The van der Waals surface area contributed by atoms with Crippen molar-refractivity contribution in [3.63, 3.8) is 0 Å². The highest BCUT2D eigenvalue weighted by atomic mass is 35.5. The third-order valence-electron chi connectivity index (χ3n) is 4.99. The number of benzene rings is 1. The van der Waals surface area contributed by atoms with E-state index in [2.05, 4.69) is 15.6 Å². The highest BCUT2D eigenvalue weighted by Gasteiger charge is 2.32. The Balaban J connectivity index is 1.70. The lowest BCUT2D eigenvalue weighted by molar-refractivity contribution is -0.124. The van der Waals surface area contributed by atoms with Crippen LogP contribution in [0, 0.1) is 6.92 Å². The fourth-order valence-electron chi connectivity index (χ4n) is 3.37. The summed E-state index contributed by atoms with van der Waals surface area (Å²) >= 11 is 7.27. The molecule has 158 valence electrons. The average Bonchev–Trinajstić information content (AvgIpc) is 3.13. The van der Waals surface area contributed by atoms with Gasteiger partial charge in [0.25, 0.3) is 0 Å². The number of aromatic nitrogens is 1. The Morgan fingerprint density at radius 3 is 2.93 bits per heavy atom. The van der Waals surface area contributed by atoms with Crippen molar-refractivity contribution >= 4 is 54.5 Å². The molecule has 10 heteroatoms. The maximum atomic E-state index is 13.6. The largest absolute Gasteiger partial charge is 0.367 e. The molecule has 2 aromatic heterocycles. The molecule has 1 unspecified atom stereocenters. The summed E-state index contributed by atoms with van der Waals surface area (Å²) in [5.41, 5.74) is 1.54. The number of rotatable bonds is 6. The quantitative estimate of drug-likeness (QED) is 0.582. The molecule has 0 radical (unpaired) electrons. The number of piperazine rings is 1. The number of hydrogen-bond donors (Lipinski definition) is 2. The van der Waals surface area contributed by atoms with E-state index in [9.17, 15) is 13.2 Å². The molecule has 0 spiro atoms. The van der Waals surface area contributed by atoms with Gasteiger partial charge in [0.1, 0.15) is 9.58 Å². The van der Waals surface area contributed by atoms with Crippen molar-refractivity contribution in [2.75, 3.05) is 31.5 Å². The van der Waals surface area contributed by atoms with Crippen LogP contribution in [0.3, 0.4) is 0 Å². The number of carbonyl (C=O) groups is 1. The van der Waals surface area contributed by atoms with Crippen molar-refractivity contribution in [1.29, 1.82) is 0 Å². The van der Waals surface area contributed by atoms with E-state index in [4.69, 9.17) is 11.6 Å². The summed E-state index contributed by atoms with van der Waals surface area (Å²) in [7, 11) is -3.74. The van der Waals surface area contributed by atoms with E-state index in [0.29, 0.717) is 23.8 Å². The van der Waals surface area contributed by atoms with Crippen molar-refractivity contribution in [1.82, 2.24) is 15.2 Å². The van der Waals surface area contributed by atoms with Crippen molar-refractivity contribution in [2.45, 2.75) is 16.5 Å². The maximum absolute atomic E-state index is 13.6. The highest BCUT2D eigenvalue weighted by Crippen LogP contribution is 2.33. The minimum atomic E-state index is -3.74. The Bertz CT molecular complexity index is 1200. The molecule has 3 aromatic rings. The molecule has 3 heterocycles. The molecule has 7 nitrogen and oxygen atoms in total. The first-order chi connectivity index (χ1) is 14.3. The Morgan fingerprint density at radius 1 is 1.33 bits per heavy atom. The second-order valence-corrected chi connectivity index (χ2v) is 11.1. The van der Waals surface area contributed by atoms with Crippen LogP contribution in [0.25, 0.3) is 10.1 Å². The van der Waals surface area contributed by atoms with Gasteiger partial charge < -0.3 is 10.6 Å². The van der Waals surface area contributed by atoms with Crippen molar-refractivity contribution < 1.29 is 13.2 Å². The molecule has 1 fully saturated rings. The predicted molar refractivity (Wildman–Crippen MR) is 120 cm³/mol. The van der Waals surface area contributed by atoms with E-state index in [1.807, 2.05) is 17.9 Å². The van der Waals surface area contributed by atoms with E-state index in [1.54, 1.807) is 36.7 Å². The molecule has 1 saturated heterocycles. The second-order valence-electron chi connectivity index (χ2n) is 7.20. The molecular weight excluding hydrogens is 444 g/mol. The van der Waals surface area contributed by atoms with Gasteiger partial charge in [-0.15, -0.1) is 11.3 Å². The van der Waals surface area contributed by atoms with Crippen LogP contribution in [0.4, 0.5) is 5.69 Å². The van der Waals surface area contributed by atoms with Gasteiger partial charge in [-0.05, 0) is 42.1 Å². The number of amides is 1. The lowest BCUT2D eigenvalue weighted by Gasteiger charge is -2.30. The minimum absolute atomic E-state index is 0.103. The molecule has 0 aliphatic carbocycles. The van der Waals surface area contributed by atoms with E-state index in [0.717, 1.165) is 15.6 Å². The van der Waals surface area contributed by atoms with Gasteiger partial charge >= 0.3 is 0 Å².